The highest BCUT2D eigenvalue weighted by Crippen LogP contribution is 2.46. The molecule has 1 N–H and O–H groups in total. The summed E-state index contributed by atoms with van der Waals surface area (Å²) in [7, 11) is 1.96. The molecular formula is C35H44F5N3O. The number of nitrogens with one attached hydrogen (secondary N) is 1. The number of likely N-dealkylation sites (tertiary alicyclic amines) is 1. The summed E-state index contributed by atoms with van der Waals surface area (Å²) in [5.74, 6) is -1.90. The maximum Gasteiger partial charge on any atom is 0.395 e. The van der Waals surface area contributed by atoms with E-state index in [4.69, 9.17) is 4.74 Å². The van der Waals surface area contributed by atoms with Gasteiger partial charge in [-0.05, 0) is 76.2 Å². The van der Waals surface area contributed by atoms with Crippen LogP contribution < -0.4 is 5.32 Å². The predicted octanol–water partition coefficient (Wildman–Crippen LogP) is 8.28. The zero-order valence-electron chi connectivity index (χ0n) is 26.1. The molecule has 0 saturated carbocycles. The number of allylic oxidation sites excluding steroid dienone is 6. The summed E-state index contributed by atoms with van der Waals surface area (Å²) in [6.07, 6.45) is 8.25. The van der Waals surface area contributed by atoms with E-state index in [1.54, 1.807) is 32.1 Å². The Labute approximate surface area is 258 Å². The number of hydrogen-bond donors (Lipinski definition) is 1. The lowest BCUT2D eigenvalue weighted by Crippen LogP contribution is -2.47. The molecule has 2 heterocycles. The van der Waals surface area contributed by atoms with Gasteiger partial charge in [0.05, 0.1) is 5.92 Å². The largest absolute Gasteiger partial charge is 0.468 e. The van der Waals surface area contributed by atoms with Crippen LogP contribution in [0.25, 0.3) is 0 Å². The van der Waals surface area contributed by atoms with Crippen LogP contribution in [-0.4, -0.2) is 60.9 Å². The molecule has 1 spiro atoms. The van der Waals surface area contributed by atoms with Gasteiger partial charge in [0.15, 0.2) is 5.88 Å². The Bertz CT molecular complexity index is 1350. The van der Waals surface area contributed by atoms with Crippen LogP contribution in [0.1, 0.15) is 52.0 Å². The van der Waals surface area contributed by atoms with Gasteiger partial charge in [0.1, 0.15) is 17.1 Å². The van der Waals surface area contributed by atoms with Crippen molar-refractivity contribution < 1.29 is 26.7 Å². The van der Waals surface area contributed by atoms with E-state index in [1.165, 1.54) is 18.2 Å². The van der Waals surface area contributed by atoms with Gasteiger partial charge in [-0.25, -0.2) is 8.78 Å². The maximum absolute atomic E-state index is 14.7. The third-order valence-corrected chi connectivity index (χ3v) is 10.1. The number of likely N-dealkylation sites (N-methyl/N-ethyl adjacent to an activating group) is 1. The average Bonchev–Trinajstić information content (AvgIpc) is 2.95. The molecule has 2 aliphatic carbocycles. The fourth-order valence-corrected chi connectivity index (χ4v) is 7.16. The van der Waals surface area contributed by atoms with E-state index in [0.29, 0.717) is 31.7 Å². The molecular weight excluding hydrogens is 573 g/mol. The first kappa shape index (κ1) is 32.5. The van der Waals surface area contributed by atoms with Crippen molar-refractivity contribution in [3.63, 3.8) is 0 Å². The average molecular weight is 618 g/mol. The van der Waals surface area contributed by atoms with E-state index in [0.717, 1.165) is 48.5 Å². The molecule has 0 bridgehead atoms. The normalized spacial score (nSPS) is 28.2. The molecule has 1 aromatic carbocycles. The Morgan fingerprint density at radius 1 is 1.23 bits per heavy atom. The first-order chi connectivity index (χ1) is 20.7. The van der Waals surface area contributed by atoms with Gasteiger partial charge in [-0.15, -0.1) is 0 Å². The molecule has 5 atom stereocenters. The van der Waals surface area contributed by atoms with Gasteiger partial charge in [0, 0.05) is 62.1 Å². The molecule has 1 aromatic rings. The van der Waals surface area contributed by atoms with E-state index in [9.17, 15) is 22.0 Å². The molecule has 240 valence electrons. The van der Waals surface area contributed by atoms with Crippen molar-refractivity contribution in [1.29, 1.82) is 0 Å². The molecule has 0 amide bonds. The van der Waals surface area contributed by atoms with Crippen LogP contribution in [0.3, 0.4) is 0 Å². The zero-order valence-corrected chi connectivity index (χ0v) is 26.1. The van der Waals surface area contributed by atoms with Crippen LogP contribution in [0.2, 0.25) is 0 Å². The number of hydrogen-bond acceptors (Lipinski definition) is 4. The number of benzene rings is 1. The van der Waals surface area contributed by atoms with Crippen molar-refractivity contribution in [3.05, 3.63) is 89.6 Å². The third-order valence-electron chi connectivity index (χ3n) is 10.1. The molecule has 0 radical (unpaired) electrons. The lowest BCUT2D eigenvalue weighted by atomic mass is 9.80. The monoisotopic (exact) mass is 617 g/mol. The van der Waals surface area contributed by atoms with Crippen molar-refractivity contribution in [2.75, 3.05) is 38.5 Å². The molecule has 4 aliphatic rings. The fraction of sp³-hybridized carbons (Fsp3) is 0.543. The number of halogens is 5. The molecule has 4 nitrogen and oxygen atoms in total. The van der Waals surface area contributed by atoms with Crippen molar-refractivity contribution >= 4 is 5.69 Å². The highest BCUT2D eigenvalue weighted by molar-refractivity contribution is 5.59. The SMILES string of the molecule is C=C1Nc2ccc(F)cc2C2(CCN(CC[C@H](C3=CCC(C)(F)C=C3)C(C)N(C)CC3=CC=CC(C(F)(F)F)C3C)CC2)O1. The van der Waals surface area contributed by atoms with Gasteiger partial charge in [0.25, 0.3) is 0 Å². The number of anilines is 1. The van der Waals surface area contributed by atoms with E-state index >= 15 is 0 Å². The van der Waals surface area contributed by atoms with Gasteiger partial charge < -0.3 is 15.0 Å². The molecule has 5 rings (SSSR count). The summed E-state index contributed by atoms with van der Waals surface area (Å²) in [6, 6.07) is 4.71. The molecule has 4 unspecified atom stereocenters. The summed E-state index contributed by atoms with van der Waals surface area (Å²) in [5, 5.41) is 3.11. The number of ether oxygens (including phenoxy) is 1. The van der Waals surface area contributed by atoms with Crippen LogP contribution in [0.15, 0.2) is 78.3 Å². The van der Waals surface area contributed by atoms with Crippen LogP contribution in [0.4, 0.5) is 27.6 Å². The standard InChI is InChI=1S/C35H44F5N3O/c1-23-27(7-6-8-30(23)35(38,39)40)22-42(5)24(2)29(26-11-14-33(4,37)15-12-26)13-18-43-19-16-34(17-20-43)31-21-28(36)9-10-32(31)41-25(3)44-34/h6-12,14,21,23-24,29-30,41H,3,13,15-20,22H2,1-2,4-5H3/t23?,24?,29-,30?,33?/m0/s1. The molecule has 2 aliphatic heterocycles. The highest BCUT2D eigenvalue weighted by Gasteiger charge is 2.44. The third kappa shape index (κ3) is 6.99. The van der Waals surface area contributed by atoms with Gasteiger partial charge in [-0.3, -0.25) is 4.90 Å². The Balaban J connectivity index is 1.27. The Hall–Kier alpha value is -2.91. The summed E-state index contributed by atoms with van der Waals surface area (Å²) >= 11 is 0. The maximum atomic E-state index is 14.7. The molecule has 1 fully saturated rings. The predicted molar refractivity (Wildman–Crippen MR) is 165 cm³/mol. The van der Waals surface area contributed by atoms with E-state index in [2.05, 4.69) is 28.6 Å². The summed E-state index contributed by atoms with van der Waals surface area (Å²) in [4.78, 5) is 4.51. The van der Waals surface area contributed by atoms with Gasteiger partial charge in [-0.1, -0.05) is 42.9 Å². The first-order valence-electron chi connectivity index (χ1n) is 15.6. The van der Waals surface area contributed by atoms with E-state index in [-0.39, 0.29) is 17.8 Å². The summed E-state index contributed by atoms with van der Waals surface area (Å²) < 4.78 is 76.0. The Morgan fingerprint density at radius 2 is 1.95 bits per heavy atom. The number of piperidine rings is 1. The Kier molecular flexibility index (Phi) is 9.21. The van der Waals surface area contributed by atoms with Gasteiger partial charge in [-0.2, -0.15) is 13.2 Å². The second-order valence-corrected chi connectivity index (χ2v) is 13.2. The number of nitrogens with zero attached hydrogens (tertiary/aromatic N) is 2. The minimum atomic E-state index is -4.28. The van der Waals surface area contributed by atoms with Crippen LogP contribution in [0, 0.1) is 23.6 Å². The van der Waals surface area contributed by atoms with Gasteiger partial charge in [0.2, 0.25) is 0 Å². The summed E-state index contributed by atoms with van der Waals surface area (Å²) in [5.41, 5.74) is 1.45. The van der Waals surface area contributed by atoms with Gasteiger partial charge >= 0.3 is 6.18 Å². The second kappa shape index (κ2) is 12.5. The van der Waals surface area contributed by atoms with Crippen LogP contribution in [-0.2, 0) is 10.3 Å². The molecule has 9 heteroatoms. The lowest BCUT2D eigenvalue weighted by molar-refractivity contribution is -0.170. The Morgan fingerprint density at radius 3 is 2.61 bits per heavy atom. The van der Waals surface area contributed by atoms with Crippen LogP contribution >= 0.6 is 0 Å². The van der Waals surface area contributed by atoms with Crippen molar-refractivity contribution in [2.24, 2.45) is 17.8 Å². The van der Waals surface area contributed by atoms with E-state index < -0.39 is 29.3 Å². The lowest BCUT2D eigenvalue weighted by Gasteiger charge is -2.46. The topological polar surface area (TPSA) is 27.7 Å². The van der Waals surface area contributed by atoms with Crippen molar-refractivity contribution in [1.82, 2.24) is 9.80 Å². The van der Waals surface area contributed by atoms with Crippen LogP contribution in [0.5, 0.6) is 0 Å². The minimum Gasteiger partial charge on any atom is -0.468 e. The van der Waals surface area contributed by atoms with E-state index in [1.807, 2.05) is 25.3 Å². The zero-order chi connectivity index (χ0) is 31.9. The molecule has 44 heavy (non-hydrogen) atoms. The number of alkyl halides is 4. The first-order valence-corrected chi connectivity index (χ1v) is 15.6. The smallest absolute Gasteiger partial charge is 0.395 e. The second-order valence-electron chi connectivity index (χ2n) is 13.2. The highest BCUT2D eigenvalue weighted by atomic mass is 19.4. The minimum absolute atomic E-state index is 0.000251. The number of rotatable bonds is 8. The quantitative estimate of drug-likeness (QED) is 0.297. The van der Waals surface area contributed by atoms with Crippen molar-refractivity contribution in [2.45, 2.75) is 69.9 Å². The van der Waals surface area contributed by atoms with Crippen molar-refractivity contribution in [3.8, 4) is 0 Å². The molecule has 1 saturated heterocycles. The summed E-state index contributed by atoms with van der Waals surface area (Å²) in [6.45, 7) is 12.0. The molecule has 0 aromatic heterocycles. The number of fused-ring (bicyclic) bond motifs is 2. The fourth-order valence-electron chi connectivity index (χ4n) is 7.16.